The fourth-order valence-corrected chi connectivity index (χ4v) is 1.72. The third-order valence-electron chi connectivity index (χ3n) is 2.18. The molecule has 1 aromatic carbocycles. The minimum atomic E-state index is -3.01. The van der Waals surface area contributed by atoms with Crippen LogP contribution in [0.1, 0.15) is 11.1 Å². The van der Waals surface area contributed by atoms with Crippen molar-refractivity contribution in [3.8, 4) is 5.75 Å². The number of rotatable bonds is 5. The highest BCUT2D eigenvalue weighted by Crippen LogP contribution is 2.19. The van der Waals surface area contributed by atoms with Crippen LogP contribution >= 0.6 is 12.2 Å². The van der Waals surface area contributed by atoms with Gasteiger partial charge in [-0.3, -0.25) is 0 Å². The Morgan fingerprint density at radius 2 is 2.12 bits per heavy atom. The first kappa shape index (κ1) is 13.9. The van der Waals surface area contributed by atoms with Gasteiger partial charge in [-0.2, -0.15) is 0 Å². The van der Waals surface area contributed by atoms with Crippen molar-refractivity contribution in [3.05, 3.63) is 29.3 Å². The van der Waals surface area contributed by atoms with Crippen LogP contribution in [0.5, 0.6) is 5.75 Å². The zero-order chi connectivity index (χ0) is 13.1. The Hall–Kier alpha value is -1.14. The average molecular weight is 273 g/mol. The van der Waals surface area contributed by atoms with E-state index in [0.717, 1.165) is 5.56 Å². The fraction of sp³-hybridized carbons (Fsp3) is 0.364. The van der Waals surface area contributed by atoms with E-state index in [-0.39, 0.29) is 17.3 Å². The number of nitrogens with two attached hydrogens (primary N) is 1. The average Bonchev–Trinajstić information content (AvgIpc) is 2.18. The molecule has 6 heteroatoms. The van der Waals surface area contributed by atoms with Crippen molar-refractivity contribution in [3.63, 3.8) is 0 Å². The Morgan fingerprint density at radius 1 is 1.47 bits per heavy atom. The van der Waals surface area contributed by atoms with Crippen molar-refractivity contribution in [2.24, 2.45) is 5.73 Å². The Labute approximate surface area is 107 Å². The maximum atomic E-state index is 11.0. The van der Waals surface area contributed by atoms with Crippen LogP contribution in [-0.2, 0) is 9.84 Å². The molecule has 0 bridgehead atoms. The van der Waals surface area contributed by atoms with E-state index in [1.54, 1.807) is 12.1 Å². The monoisotopic (exact) mass is 273 g/mol. The lowest BCUT2D eigenvalue weighted by Crippen LogP contribution is -2.13. The van der Waals surface area contributed by atoms with Crippen LogP contribution in [0.4, 0.5) is 0 Å². The first-order chi connectivity index (χ1) is 7.79. The molecule has 0 heterocycles. The second-order valence-electron chi connectivity index (χ2n) is 3.82. The third kappa shape index (κ3) is 4.70. The molecule has 4 nitrogen and oxygen atoms in total. The van der Waals surface area contributed by atoms with Gasteiger partial charge in [0.2, 0.25) is 0 Å². The summed E-state index contributed by atoms with van der Waals surface area (Å²) in [7, 11) is -3.01. The molecular formula is C11H15NO3S2. The van der Waals surface area contributed by atoms with E-state index in [4.69, 9.17) is 22.7 Å². The van der Waals surface area contributed by atoms with Gasteiger partial charge in [0.25, 0.3) is 0 Å². The molecule has 0 amide bonds. The molecule has 2 N–H and O–H groups in total. The minimum absolute atomic E-state index is 0.0102. The van der Waals surface area contributed by atoms with Gasteiger partial charge >= 0.3 is 0 Å². The molecule has 0 atom stereocenters. The van der Waals surface area contributed by atoms with Gasteiger partial charge in [-0.1, -0.05) is 24.4 Å². The molecular weight excluding hydrogens is 258 g/mol. The number of benzene rings is 1. The number of ether oxygens (including phenoxy) is 1. The van der Waals surface area contributed by atoms with Gasteiger partial charge in [-0.15, -0.1) is 0 Å². The lowest BCUT2D eigenvalue weighted by atomic mass is 10.1. The summed E-state index contributed by atoms with van der Waals surface area (Å²) in [4.78, 5) is 0.290. The number of aryl methyl sites for hydroxylation is 1. The molecule has 1 aromatic rings. The van der Waals surface area contributed by atoms with Crippen LogP contribution in [-0.4, -0.2) is 32.0 Å². The molecule has 0 radical (unpaired) electrons. The largest absolute Gasteiger partial charge is 0.492 e. The normalized spacial score (nSPS) is 11.2. The van der Waals surface area contributed by atoms with Crippen LogP contribution in [0.15, 0.2) is 18.2 Å². The van der Waals surface area contributed by atoms with Gasteiger partial charge in [0.05, 0.1) is 5.75 Å². The summed E-state index contributed by atoms with van der Waals surface area (Å²) in [6, 6.07) is 5.37. The first-order valence-corrected chi connectivity index (χ1v) is 7.47. The molecule has 0 unspecified atom stereocenters. The van der Waals surface area contributed by atoms with Crippen LogP contribution in [0.2, 0.25) is 0 Å². The maximum Gasteiger partial charge on any atom is 0.150 e. The quantitative estimate of drug-likeness (QED) is 0.812. The van der Waals surface area contributed by atoms with Crippen molar-refractivity contribution >= 4 is 27.0 Å². The molecule has 17 heavy (non-hydrogen) atoms. The van der Waals surface area contributed by atoms with Crippen LogP contribution in [0.3, 0.4) is 0 Å². The summed E-state index contributed by atoms with van der Waals surface area (Å²) in [5.41, 5.74) is 7.13. The van der Waals surface area contributed by atoms with Crippen molar-refractivity contribution in [2.75, 3.05) is 18.6 Å². The first-order valence-electron chi connectivity index (χ1n) is 5.00. The van der Waals surface area contributed by atoms with Crippen LogP contribution in [0.25, 0.3) is 0 Å². The Bertz CT molecular complexity index is 524. The topological polar surface area (TPSA) is 69.4 Å². The molecule has 1 rings (SSSR count). The van der Waals surface area contributed by atoms with Gasteiger partial charge in [0.1, 0.15) is 17.3 Å². The summed E-state index contributed by atoms with van der Waals surface area (Å²) in [6.45, 7) is 2.00. The van der Waals surface area contributed by atoms with Crippen LogP contribution in [0, 0.1) is 6.92 Å². The van der Waals surface area contributed by atoms with Gasteiger partial charge in [-0.25, -0.2) is 8.42 Å². The lowest BCUT2D eigenvalue weighted by Gasteiger charge is -2.10. The van der Waals surface area contributed by atoms with Gasteiger partial charge in [0, 0.05) is 11.8 Å². The fourth-order valence-electron chi connectivity index (χ4n) is 1.21. The predicted octanol–water partition coefficient (Wildman–Crippen LogP) is 1.05. The van der Waals surface area contributed by atoms with E-state index >= 15 is 0 Å². The molecule has 0 aromatic heterocycles. The van der Waals surface area contributed by atoms with E-state index in [0.29, 0.717) is 11.3 Å². The maximum absolute atomic E-state index is 11.0. The van der Waals surface area contributed by atoms with Crippen molar-refractivity contribution < 1.29 is 13.2 Å². The van der Waals surface area contributed by atoms with Crippen molar-refractivity contribution in [2.45, 2.75) is 6.92 Å². The van der Waals surface area contributed by atoms with E-state index in [1.807, 2.05) is 13.0 Å². The molecule has 0 spiro atoms. The van der Waals surface area contributed by atoms with Crippen molar-refractivity contribution in [1.82, 2.24) is 0 Å². The van der Waals surface area contributed by atoms with Gasteiger partial charge in [0.15, 0.2) is 9.84 Å². The summed E-state index contributed by atoms with van der Waals surface area (Å²) in [6.07, 6.45) is 1.18. The number of hydrogen-bond donors (Lipinski definition) is 1. The molecule has 0 saturated carbocycles. The molecule has 0 aliphatic carbocycles. The Kier molecular flexibility index (Phi) is 4.47. The van der Waals surface area contributed by atoms with E-state index in [1.165, 1.54) is 6.26 Å². The van der Waals surface area contributed by atoms with E-state index < -0.39 is 9.84 Å². The molecule has 0 saturated heterocycles. The zero-order valence-electron chi connectivity index (χ0n) is 9.76. The predicted molar refractivity (Wildman–Crippen MR) is 72.3 cm³/mol. The summed E-state index contributed by atoms with van der Waals surface area (Å²) in [5.74, 6) is 0.600. The molecule has 0 aliphatic rings. The zero-order valence-corrected chi connectivity index (χ0v) is 11.4. The SMILES string of the molecule is Cc1ccc(C(N)=S)cc1OCCS(C)(=O)=O. The van der Waals surface area contributed by atoms with Crippen molar-refractivity contribution in [1.29, 1.82) is 0 Å². The molecule has 94 valence electrons. The van der Waals surface area contributed by atoms with Gasteiger partial charge in [-0.05, 0) is 18.6 Å². The smallest absolute Gasteiger partial charge is 0.150 e. The second-order valence-corrected chi connectivity index (χ2v) is 6.52. The highest BCUT2D eigenvalue weighted by molar-refractivity contribution is 7.90. The summed E-state index contributed by atoms with van der Waals surface area (Å²) < 4.78 is 27.3. The van der Waals surface area contributed by atoms with Crippen LogP contribution < -0.4 is 10.5 Å². The minimum Gasteiger partial charge on any atom is -0.492 e. The van der Waals surface area contributed by atoms with E-state index in [9.17, 15) is 8.42 Å². The molecule has 0 aliphatic heterocycles. The molecule has 0 fully saturated rings. The number of hydrogen-bond acceptors (Lipinski definition) is 4. The lowest BCUT2D eigenvalue weighted by molar-refractivity contribution is 0.338. The number of sulfone groups is 1. The highest BCUT2D eigenvalue weighted by Gasteiger charge is 2.06. The third-order valence-corrected chi connectivity index (χ3v) is 3.33. The summed E-state index contributed by atoms with van der Waals surface area (Å²) in [5, 5.41) is 0. The highest BCUT2D eigenvalue weighted by atomic mass is 32.2. The Morgan fingerprint density at radius 3 is 2.65 bits per heavy atom. The van der Waals surface area contributed by atoms with Gasteiger partial charge < -0.3 is 10.5 Å². The standard InChI is InChI=1S/C11H15NO3S2/c1-8-3-4-9(11(12)16)7-10(8)15-5-6-17(2,13)14/h3-4,7H,5-6H2,1-2H3,(H2,12,16). The Balaban J connectivity index is 2.76. The van der Waals surface area contributed by atoms with E-state index in [2.05, 4.69) is 0 Å². The summed E-state index contributed by atoms with van der Waals surface area (Å²) >= 11 is 4.86. The second kappa shape index (κ2) is 5.46. The number of thiocarbonyl (C=S) groups is 1.